The number of hydrogen-bond donors (Lipinski definition) is 2. The average Bonchev–Trinajstić information content (AvgIpc) is 2.89. The standard InChI is InChI=1S/C28H26F2N4O3/c1-16-8-9-17(13-32-16)18-11-22(29)20(23(30)12-18)14-34-15-21(26-19(28(34)37)5-4-10-31-26)27(36)33-24-6-2-3-7-25(24)35/h4-5,8-13,15,24-25,35H,2-3,6-7,14H2,1H3,(H,33,36)/t24-,25-/m0/s1. The van der Waals surface area contributed by atoms with Gasteiger partial charge in [0.1, 0.15) is 11.6 Å². The molecule has 3 aromatic heterocycles. The molecule has 9 heteroatoms. The van der Waals surface area contributed by atoms with Gasteiger partial charge in [0.25, 0.3) is 11.5 Å². The number of nitrogens with zero attached hydrogens (tertiary/aromatic N) is 3. The largest absolute Gasteiger partial charge is 0.391 e. The molecule has 0 aliphatic heterocycles. The van der Waals surface area contributed by atoms with Crippen LogP contribution >= 0.6 is 0 Å². The third kappa shape index (κ3) is 4.99. The Bertz CT molecular complexity index is 1510. The maximum atomic E-state index is 15.1. The monoisotopic (exact) mass is 504 g/mol. The molecule has 37 heavy (non-hydrogen) atoms. The summed E-state index contributed by atoms with van der Waals surface area (Å²) >= 11 is 0. The van der Waals surface area contributed by atoms with Crippen LogP contribution in [0.5, 0.6) is 0 Å². The lowest BCUT2D eigenvalue weighted by atomic mass is 9.92. The molecule has 5 rings (SSSR count). The number of fused-ring (bicyclic) bond motifs is 1. The zero-order valence-electron chi connectivity index (χ0n) is 20.2. The number of hydrogen-bond acceptors (Lipinski definition) is 5. The van der Waals surface area contributed by atoms with Crippen molar-refractivity contribution in [3.05, 3.63) is 93.8 Å². The Kier molecular flexibility index (Phi) is 6.80. The number of nitrogens with one attached hydrogen (secondary N) is 1. The molecule has 2 N–H and O–H groups in total. The van der Waals surface area contributed by atoms with E-state index in [2.05, 4.69) is 15.3 Å². The van der Waals surface area contributed by atoms with Gasteiger partial charge in [0.15, 0.2) is 0 Å². The van der Waals surface area contributed by atoms with Gasteiger partial charge in [-0.2, -0.15) is 0 Å². The number of halogens is 2. The number of aromatic nitrogens is 3. The van der Waals surface area contributed by atoms with E-state index in [1.807, 2.05) is 6.92 Å². The zero-order chi connectivity index (χ0) is 26.1. The van der Waals surface area contributed by atoms with Crippen molar-refractivity contribution in [1.29, 1.82) is 0 Å². The number of pyridine rings is 3. The molecule has 0 unspecified atom stereocenters. The molecule has 190 valence electrons. The van der Waals surface area contributed by atoms with Crippen LogP contribution in [-0.4, -0.2) is 37.7 Å². The molecule has 0 saturated heterocycles. The summed E-state index contributed by atoms with van der Waals surface area (Å²) in [5.41, 5.74) is 1.13. The lowest BCUT2D eigenvalue weighted by Crippen LogP contribution is -2.45. The summed E-state index contributed by atoms with van der Waals surface area (Å²) < 4.78 is 31.4. The third-order valence-electron chi connectivity index (χ3n) is 6.84. The van der Waals surface area contributed by atoms with Crippen molar-refractivity contribution in [2.24, 2.45) is 0 Å². The van der Waals surface area contributed by atoms with E-state index < -0.39 is 41.8 Å². The van der Waals surface area contributed by atoms with E-state index in [4.69, 9.17) is 0 Å². The topological polar surface area (TPSA) is 97.1 Å². The molecule has 7 nitrogen and oxygen atoms in total. The van der Waals surface area contributed by atoms with Gasteiger partial charge >= 0.3 is 0 Å². The molecule has 0 bridgehead atoms. The molecular weight excluding hydrogens is 478 g/mol. The Morgan fingerprint density at radius 1 is 1.11 bits per heavy atom. The summed E-state index contributed by atoms with van der Waals surface area (Å²) in [6, 6.07) is 8.55. The Balaban J connectivity index is 1.52. The van der Waals surface area contributed by atoms with Gasteiger partial charge < -0.3 is 15.0 Å². The first-order valence-corrected chi connectivity index (χ1v) is 12.2. The first kappa shape index (κ1) is 24.7. The molecule has 1 aliphatic carbocycles. The van der Waals surface area contributed by atoms with Crippen LogP contribution in [0.15, 0.2) is 59.8 Å². The maximum Gasteiger partial charge on any atom is 0.260 e. The Labute approximate surface area is 211 Å². The Morgan fingerprint density at radius 3 is 2.57 bits per heavy atom. The zero-order valence-corrected chi connectivity index (χ0v) is 20.2. The minimum atomic E-state index is -0.815. The van der Waals surface area contributed by atoms with E-state index in [1.165, 1.54) is 36.8 Å². The summed E-state index contributed by atoms with van der Waals surface area (Å²) in [7, 11) is 0. The quantitative estimate of drug-likeness (QED) is 0.426. The highest BCUT2D eigenvalue weighted by molar-refractivity contribution is 6.05. The van der Waals surface area contributed by atoms with E-state index in [0.717, 1.165) is 23.1 Å². The second kappa shape index (κ2) is 10.2. The van der Waals surface area contributed by atoms with Crippen molar-refractivity contribution in [2.75, 3.05) is 0 Å². The fourth-order valence-corrected chi connectivity index (χ4v) is 4.76. The van der Waals surface area contributed by atoms with Gasteiger partial charge in [-0.3, -0.25) is 19.6 Å². The van der Waals surface area contributed by atoms with Gasteiger partial charge in [-0.25, -0.2) is 8.78 Å². The molecular formula is C28H26F2N4O3. The molecule has 3 heterocycles. The molecule has 1 saturated carbocycles. The number of rotatable bonds is 5. The van der Waals surface area contributed by atoms with Crippen LogP contribution in [0.3, 0.4) is 0 Å². The number of aliphatic hydroxyl groups excluding tert-OH is 1. The molecule has 1 amide bonds. The summed E-state index contributed by atoms with van der Waals surface area (Å²) in [6.45, 7) is 1.40. The lowest BCUT2D eigenvalue weighted by Gasteiger charge is -2.28. The van der Waals surface area contributed by atoms with E-state index in [-0.39, 0.29) is 22.0 Å². The fourth-order valence-electron chi connectivity index (χ4n) is 4.76. The number of carbonyl (C=O) groups excluding carboxylic acids is 1. The third-order valence-corrected chi connectivity index (χ3v) is 6.84. The van der Waals surface area contributed by atoms with Gasteiger partial charge in [-0.05, 0) is 55.7 Å². The number of benzene rings is 1. The van der Waals surface area contributed by atoms with Crippen LogP contribution in [0.2, 0.25) is 0 Å². The first-order chi connectivity index (χ1) is 17.8. The van der Waals surface area contributed by atoms with Gasteiger partial charge in [0.05, 0.1) is 35.2 Å². The van der Waals surface area contributed by atoms with Crippen molar-refractivity contribution in [2.45, 2.75) is 51.3 Å². The smallest absolute Gasteiger partial charge is 0.260 e. The van der Waals surface area contributed by atoms with E-state index in [0.29, 0.717) is 24.0 Å². The highest BCUT2D eigenvalue weighted by Gasteiger charge is 2.26. The van der Waals surface area contributed by atoms with Crippen molar-refractivity contribution in [3.8, 4) is 11.1 Å². The molecule has 0 spiro atoms. The molecule has 1 aliphatic rings. The van der Waals surface area contributed by atoms with Gasteiger partial charge in [0, 0.05) is 35.4 Å². The normalized spacial score (nSPS) is 17.6. The predicted octanol–water partition coefficient (Wildman–Crippen LogP) is 4.13. The van der Waals surface area contributed by atoms with Crippen molar-refractivity contribution >= 4 is 16.8 Å². The van der Waals surface area contributed by atoms with Crippen molar-refractivity contribution in [1.82, 2.24) is 19.9 Å². The van der Waals surface area contributed by atoms with E-state index in [1.54, 1.807) is 18.2 Å². The van der Waals surface area contributed by atoms with Crippen LogP contribution in [-0.2, 0) is 6.54 Å². The number of amides is 1. The Morgan fingerprint density at radius 2 is 1.86 bits per heavy atom. The van der Waals surface area contributed by atoms with E-state index >= 15 is 8.78 Å². The molecule has 0 radical (unpaired) electrons. The van der Waals surface area contributed by atoms with Gasteiger partial charge in [0.2, 0.25) is 0 Å². The minimum Gasteiger partial charge on any atom is -0.391 e. The molecule has 2 atom stereocenters. The number of carbonyl (C=O) groups is 1. The van der Waals surface area contributed by atoms with Crippen LogP contribution in [0.4, 0.5) is 8.78 Å². The Hall–Kier alpha value is -3.98. The second-order valence-corrected chi connectivity index (χ2v) is 9.41. The summed E-state index contributed by atoms with van der Waals surface area (Å²) in [5, 5.41) is 13.3. The second-order valence-electron chi connectivity index (χ2n) is 9.41. The average molecular weight is 505 g/mol. The van der Waals surface area contributed by atoms with Crippen molar-refractivity contribution in [3.63, 3.8) is 0 Å². The van der Waals surface area contributed by atoms with Crippen LogP contribution in [0.1, 0.15) is 47.3 Å². The maximum absolute atomic E-state index is 15.1. The first-order valence-electron chi connectivity index (χ1n) is 12.2. The number of aryl methyl sites for hydroxylation is 1. The molecule has 1 fully saturated rings. The summed E-state index contributed by atoms with van der Waals surface area (Å²) in [4.78, 5) is 34.8. The highest BCUT2D eigenvalue weighted by Crippen LogP contribution is 2.25. The molecule has 4 aromatic rings. The van der Waals surface area contributed by atoms with Gasteiger partial charge in [-0.15, -0.1) is 0 Å². The van der Waals surface area contributed by atoms with Crippen LogP contribution in [0.25, 0.3) is 22.0 Å². The molecule has 1 aromatic carbocycles. The number of aliphatic hydroxyl groups is 1. The minimum absolute atomic E-state index is 0.0936. The van der Waals surface area contributed by atoms with E-state index in [9.17, 15) is 14.7 Å². The SMILES string of the molecule is Cc1ccc(-c2cc(F)c(Cn3cc(C(=O)N[C@H]4CCCC[C@@H]4O)c4ncccc4c3=O)c(F)c2)cn1. The predicted molar refractivity (Wildman–Crippen MR) is 135 cm³/mol. The summed E-state index contributed by atoms with van der Waals surface area (Å²) in [6.07, 6.45) is 6.63. The summed E-state index contributed by atoms with van der Waals surface area (Å²) in [5.74, 6) is -2.14. The van der Waals surface area contributed by atoms with Crippen molar-refractivity contribution < 1.29 is 18.7 Å². The van der Waals surface area contributed by atoms with Gasteiger partial charge in [-0.1, -0.05) is 18.9 Å². The van der Waals surface area contributed by atoms with Crippen LogP contribution in [0, 0.1) is 18.6 Å². The highest BCUT2D eigenvalue weighted by atomic mass is 19.1. The van der Waals surface area contributed by atoms with Crippen LogP contribution < -0.4 is 10.9 Å². The fraction of sp³-hybridized carbons (Fsp3) is 0.286. The lowest BCUT2D eigenvalue weighted by molar-refractivity contribution is 0.0718.